The van der Waals surface area contributed by atoms with E-state index < -0.39 is 6.04 Å². The van der Waals surface area contributed by atoms with Crippen molar-refractivity contribution in [1.82, 2.24) is 19.2 Å². The fourth-order valence-electron chi connectivity index (χ4n) is 4.95. The molecule has 49 heavy (non-hydrogen) atoms. The maximum Gasteiger partial charge on any atom is 0.239 e. The molecular formula is C33H46Cl2N6O7S. The van der Waals surface area contributed by atoms with Gasteiger partial charge in [0.1, 0.15) is 16.9 Å². The van der Waals surface area contributed by atoms with Crippen molar-refractivity contribution in [2.45, 2.75) is 33.2 Å². The molecule has 13 nitrogen and oxygen atoms in total. The number of nitrogens with zero attached hydrogens (tertiary/aromatic N) is 5. The molecule has 1 amide bonds. The minimum absolute atomic E-state index is 0.0126. The number of hydrogen-bond acceptors (Lipinski definition) is 12. The number of ether oxygens (including phenoxy) is 6. The summed E-state index contributed by atoms with van der Waals surface area (Å²) in [5, 5.41) is 10.4. The Balaban J connectivity index is 1.16. The summed E-state index contributed by atoms with van der Waals surface area (Å²) in [5.41, 5.74) is 9.15. The predicted molar refractivity (Wildman–Crippen MR) is 189 cm³/mol. The van der Waals surface area contributed by atoms with Gasteiger partial charge in [-0.3, -0.25) is 18.8 Å². The van der Waals surface area contributed by atoms with Crippen molar-refractivity contribution in [3.8, 4) is 5.00 Å². The molecule has 0 radical (unpaired) electrons. The van der Waals surface area contributed by atoms with E-state index in [-0.39, 0.29) is 25.5 Å². The Bertz CT molecular complexity index is 1490. The lowest BCUT2D eigenvalue weighted by Gasteiger charge is -2.17. The molecule has 3 heterocycles. The number of benzene rings is 1. The van der Waals surface area contributed by atoms with Gasteiger partial charge in [0.2, 0.25) is 5.91 Å². The summed E-state index contributed by atoms with van der Waals surface area (Å²) in [6, 6.07) is 6.95. The first-order valence-corrected chi connectivity index (χ1v) is 17.8. The van der Waals surface area contributed by atoms with Crippen molar-refractivity contribution < 1.29 is 33.2 Å². The summed E-state index contributed by atoms with van der Waals surface area (Å²) in [5.74, 6) is 1.02. The summed E-state index contributed by atoms with van der Waals surface area (Å²) in [6.45, 7) is 12.2. The van der Waals surface area contributed by atoms with Crippen LogP contribution in [0.5, 0.6) is 0 Å². The number of fused-ring (bicyclic) bond motifs is 3. The summed E-state index contributed by atoms with van der Waals surface area (Å²) >= 11 is 14.3. The third-order valence-corrected chi connectivity index (χ3v) is 9.35. The molecule has 0 aliphatic carbocycles. The Hall–Kier alpha value is -2.50. The van der Waals surface area contributed by atoms with Crippen LogP contribution in [0.25, 0.3) is 5.00 Å². The molecule has 0 spiro atoms. The molecule has 2 aromatic heterocycles. The van der Waals surface area contributed by atoms with Gasteiger partial charge >= 0.3 is 0 Å². The van der Waals surface area contributed by atoms with Crippen LogP contribution in [0.2, 0.25) is 5.02 Å². The fourth-order valence-corrected chi connectivity index (χ4v) is 6.43. The van der Waals surface area contributed by atoms with Gasteiger partial charge in [0.05, 0.1) is 98.0 Å². The van der Waals surface area contributed by atoms with E-state index in [1.807, 2.05) is 35.8 Å². The SMILES string of the molecule is Cc1sc2c(c1C)C(c1ccc(Cl)cc1)=N[C@@H](CC(=O)N(Cl)CCOCCOCCOCCOCCOCCOCCN)c1nnc(C)n1-2. The van der Waals surface area contributed by atoms with Crippen LogP contribution in [0.4, 0.5) is 0 Å². The first kappa shape index (κ1) is 39.3. The Morgan fingerprint density at radius 1 is 0.837 bits per heavy atom. The predicted octanol–water partition coefficient (Wildman–Crippen LogP) is 4.23. The van der Waals surface area contributed by atoms with Crippen molar-refractivity contribution in [3.63, 3.8) is 0 Å². The maximum absolute atomic E-state index is 13.3. The molecule has 270 valence electrons. The molecule has 1 atom stereocenters. The average molecular weight is 742 g/mol. The number of nitrogens with two attached hydrogens (primary N) is 1. The van der Waals surface area contributed by atoms with E-state index in [0.717, 1.165) is 37.6 Å². The van der Waals surface area contributed by atoms with Gasteiger partial charge in [-0.05, 0) is 38.5 Å². The highest BCUT2D eigenvalue weighted by molar-refractivity contribution is 7.15. The van der Waals surface area contributed by atoms with Gasteiger partial charge in [0.25, 0.3) is 0 Å². The van der Waals surface area contributed by atoms with E-state index in [2.05, 4.69) is 24.0 Å². The summed E-state index contributed by atoms with van der Waals surface area (Å²) in [4.78, 5) is 19.6. The molecular weight excluding hydrogens is 695 g/mol. The highest BCUT2D eigenvalue weighted by atomic mass is 35.5. The highest BCUT2D eigenvalue weighted by Crippen LogP contribution is 2.39. The molecule has 0 saturated heterocycles. The Labute approximate surface area is 301 Å². The first-order chi connectivity index (χ1) is 23.8. The maximum atomic E-state index is 13.3. The van der Waals surface area contributed by atoms with Crippen molar-refractivity contribution in [2.75, 3.05) is 92.4 Å². The van der Waals surface area contributed by atoms with Gasteiger partial charge < -0.3 is 34.2 Å². The minimum Gasteiger partial charge on any atom is -0.378 e. The van der Waals surface area contributed by atoms with Crippen LogP contribution < -0.4 is 5.73 Å². The Kier molecular flexibility index (Phi) is 16.8. The Morgan fingerprint density at radius 3 is 1.92 bits per heavy atom. The molecule has 1 aromatic carbocycles. The monoisotopic (exact) mass is 740 g/mol. The zero-order valence-corrected chi connectivity index (χ0v) is 30.7. The number of rotatable bonds is 23. The van der Waals surface area contributed by atoms with Crippen LogP contribution in [0, 0.1) is 20.8 Å². The van der Waals surface area contributed by atoms with E-state index in [1.54, 1.807) is 11.3 Å². The van der Waals surface area contributed by atoms with Crippen LogP contribution in [0.3, 0.4) is 0 Å². The van der Waals surface area contributed by atoms with E-state index in [1.165, 1.54) is 4.88 Å². The molecule has 0 fully saturated rings. The largest absolute Gasteiger partial charge is 0.378 e. The van der Waals surface area contributed by atoms with Crippen molar-refractivity contribution in [1.29, 1.82) is 0 Å². The highest BCUT2D eigenvalue weighted by Gasteiger charge is 2.33. The van der Waals surface area contributed by atoms with Crippen LogP contribution >= 0.6 is 34.7 Å². The van der Waals surface area contributed by atoms with E-state index in [0.29, 0.717) is 90.1 Å². The van der Waals surface area contributed by atoms with Crippen molar-refractivity contribution in [3.05, 3.63) is 62.5 Å². The second-order valence-electron chi connectivity index (χ2n) is 11.1. The zero-order valence-electron chi connectivity index (χ0n) is 28.3. The first-order valence-electron chi connectivity index (χ1n) is 16.3. The summed E-state index contributed by atoms with van der Waals surface area (Å²) in [6.07, 6.45) is 0.0126. The normalized spacial score (nSPS) is 14.0. The average Bonchev–Trinajstić information content (AvgIpc) is 3.57. The van der Waals surface area contributed by atoms with Crippen LogP contribution in [-0.2, 0) is 33.2 Å². The number of amides is 1. The fraction of sp³-hybridized carbons (Fsp3) is 0.576. The van der Waals surface area contributed by atoms with E-state index in [4.69, 9.17) is 62.5 Å². The molecule has 2 N–H and O–H groups in total. The standard InChI is InChI=1S/C33H46Cl2N6O7S/c1-23-24(2)49-33-30(23)31(26-4-6-27(34)7-5-26)37-28(32-39-38-25(3)41(32)33)22-29(42)40(35)9-11-44-13-15-46-17-19-48-21-20-47-18-16-45-14-12-43-10-8-36/h4-7,28H,8-22,36H2,1-3H3/t28-/m0/s1. The number of carbonyl (C=O) groups is 1. The lowest BCUT2D eigenvalue weighted by atomic mass is 9.99. The van der Waals surface area contributed by atoms with Gasteiger partial charge in [-0.15, -0.1) is 21.5 Å². The van der Waals surface area contributed by atoms with Gasteiger partial charge in [0.15, 0.2) is 5.82 Å². The molecule has 0 bridgehead atoms. The van der Waals surface area contributed by atoms with Gasteiger partial charge in [-0.2, -0.15) is 0 Å². The van der Waals surface area contributed by atoms with Crippen molar-refractivity contribution in [2.24, 2.45) is 10.7 Å². The summed E-state index contributed by atoms with van der Waals surface area (Å²) in [7, 11) is 0. The minimum atomic E-state index is -0.603. The lowest BCUT2D eigenvalue weighted by molar-refractivity contribution is -0.127. The quantitative estimate of drug-likeness (QED) is 0.111. The number of hydrogen-bond donors (Lipinski definition) is 1. The number of thiophene rings is 1. The molecule has 16 heteroatoms. The molecule has 4 rings (SSSR count). The summed E-state index contributed by atoms with van der Waals surface area (Å²) < 4.78 is 35.9. The van der Waals surface area contributed by atoms with E-state index in [9.17, 15) is 4.79 Å². The lowest BCUT2D eigenvalue weighted by Crippen LogP contribution is -2.27. The van der Waals surface area contributed by atoms with E-state index >= 15 is 0 Å². The number of aliphatic imine (C=N–C) groups is 1. The van der Waals surface area contributed by atoms with Crippen LogP contribution in [0.1, 0.15) is 45.7 Å². The van der Waals surface area contributed by atoms with Crippen molar-refractivity contribution >= 4 is 46.3 Å². The smallest absolute Gasteiger partial charge is 0.239 e. The zero-order chi connectivity index (χ0) is 35.0. The molecule has 0 saturated carbocycles. The topological polar surface area (TPSA) is 145 Å². The van der Waals surface area contributed by atoms with Gasteiger partial charge in [0, 0.05) is 39.3 Å². The van der Waals surface area contributed by atoms with Crippen LogP contribution in [0.15, 0.2) is 29.3 Å². The van der Waals surface area contributed by atoms with Crippen LogP contribution in [-0.4, -0.2) is 123 Å². The molecule has 1 aliphatic heterocycles. The molecule has 0 unspecified atom stereocenters. The second-order valence-corrected chi connectivity index (χ2v) is 13.1. The van der Waals surface area contributed by atoms with Gasteiger partial charge in [-0.25, -0.2) is 0 Å². The molecule has 3 aromatic rings. The van der Waals surface area contributed by atoms with Gasteiger partial charge in [-0.1, -0.05) is 23.7 Å². The number of halogens is 2. The molecule has 1 aliphatic rings. The number of carbonyl (C=O) groups excluding carboxylic acids is 1. The number of aromatic nitrogens is 3. The Morgan fingerprint density at radius 2 is 1.37 bits per heavy atom. The third-order valence-electron chi connectivity index (χ3n) is 7.55. The number of aryl methyl sites for hydroxylation is 2. The third kappa shape index (κ3) is 11.8. The second kappa shape index (κ2) is 21.0.